The number of rotatable bonds is 3. The quantitative estimate of drug-likeness (QED) is 0.673. The van der Waals surface area contributed by atoms with Gasteiger partial charge in [0.05, 0.1) is 5.41 Å². The molecule has 7 heteroatoms. The summed E-state index contributed by atoms with van der Waals surface area (Å²) < 4.78 is 5.10. The monoisotopic (exact) mass is 275 g/mol. The molecule has 1 aromatic heterocycles. The molecular weight excluding hydrogens is 258 g/mol. The summed E-state index contributed by atoms with van der Waals surface area (Å²) in [7, 11) is 0. The van der Waals surface area contributed by atoms with E-state index in [9.17, 15) is 4.79 Å². The predicted molar refractivity (Wildman–Crippen MR) is 73.2 cm³/mol. The van der Waals surface area contributed by atoms with Crippen LogP contribution >= 0.6 is 0 Å². The summed E-state index contributed by atoms with van der Waals surface area (Å²) >= 11 is 0. The summed E-state index contributed by atoms with van der Waals surface area (Å²) in [5.41, 5.74) is 6.52. The highest BCUT2D eigenvalue weighted by molar-refractivity contribution is 5.75. The molecule has 106 valence electrons. The van der Waals surface area contributed by atoms with Crippen molar-refractivity contribution in [3.63, 3.8) is 0 Å². The number of ether oxygens (including phenoxy) is 1. The van der Waals surface area contributed by atoms with Crippen molar-refractivity contribution in [3.05, 3.63) is 24.3 Å². The predicted octanol–water partition coefficient (Wildman–Crippen LogP) is 1.47. The molecule has 2 N–H and O–H groups in total. The Morgan fingerprint density at radius 3 is 2.80 bits per heavy atom. The Hall–Kier alpha value is -2.44. The van der Waals surface area contributed by atoms with Crippen molar-refractivity contribution in [3.8, 4) is 11.4 Å². The molecule has 0 fully saturated rings. The van der Waals surface area contributed by atoms with Gasteiger partial charge in [0.25, 0.3) is 0 Å². The van der Waals surface area contributed by atoms with Crippen LogP contribution in [0.5, 0.6) is 0 Å². The van der Waals surface area contributed by atoms with Gasteiger partial charge in [-0.2, -0.15) is 0 Å². The molecule has 1 aromatic carbocycles. The number of tetrazole rings is 1. The topological polar surface area (TPSA) is 95.9 Å². The molecule has 0 radical (unpaired) electrons. The Morgan fingerprint density at radius 1 is 1.40 bits per heavy atom. The van der Waals surface area contributed by atoms with Gasteiger partial charge in [0, 0.05) is 11.3 Å². The van der Waals surface area contributed by atoms with Crippen LogP contribution in [0.2, 0.25) is 0 Å². The maximum Gasteiger partial charge on any atom is 0.313 e. The number of benzene rings is 1. The minimum absolute atomic E-state index is 0.0641. The van der Waals surface area contributed by atoms with Crippen molar-refractivity contribution in [2.75, 3.05) is 5.73 Å². The highest BCUT2D eigenvalue weighted by atomic mass is 16.5. The lowest BCUT2D eigenvalue weighted by Gasteiger charge is -2.15. The summed E-state index contributed by atoms with van der Waals surface area (Å²) in [5, 5.41) is 11.9. The fourth-order valence-corrected chi connectivity index (χ4v) is 1.42. The van der Waals surface area contributed by atoms with Crippen molar-refractivity contribution < 1.29 is 9.53 Å². The third-order valence-electron chi connectivity index (χ3n) is 2.52. The largest absolute Gasteiger partial charge is 0.440 e. The van der Waals surface area contributed by atoms with Gasteiger partial charge in [0.2, 0.25) is 12.6 Å². The lowest BCUT2D eigenvalue weighted by molar-refractivity contribution is -0.157. The average molecular weight is 275 g/mol. The third kappa shape index (κ3) is 3.31. The van der Waals surface area contributed by atoms with Crippen molar-refractivity contribution >= 4 is 11.7 Å². The lowest BCUT2D eigenvalue weighted by Crippen LogP contribution is -2.24. The van der Waals surface area contributed by atoms with Crippen molar-refractivity contribution in [1.29, 1.82) is 0 Å². The molecule has 0 amide bonds. The minimum Gasteiger partial charge on any atom is -0.440 e. The molecule has 0 aliphatic rings. The van der Waals surface area contributed by atoms with Crippen LogP contribution < -0.4 is 5.73 Å². The molecule has 0 aliphatic heterocycles. The van der Waals surface area contributed by atoms with Gasteiger partial charge in [-0.05, 0) is 38.1 Å². The van der Waals surface area contributed by atoms with E-state index in [4.69, 9.17) is 10.5 Å². The summed E-state index contributed by atoms with van der Waals surface area (Å²) in [4.78, 5) is 12.9. The molecule has 0 bridgehead atoms. The number of hydrogen-bond acceptors (Lipinski definition) is 6. The van der Waals surface area contributed by atoms with Crippen LogP contribution in [0.1, 0.15) is 20.8 Å². The molecule has 0 aliphatic carbocycles. The van der Waals surface area contributed by atoms with Crippen LogP contribution in [0, 0.1) is 5.41 Å². The first-order valence-electron chi connectivity index (χ1n) is 6.17. The first kappa shape index (κ1) is 14.0. The van der Waals surface area contributed by atoms with Crippen LogP contribution in [0.3, 0.4) is 0 Å². The molecule has 0 spiro atoms. The molecule has 0 saturated carbocycles. The fraction of sp³-hybridized carbons (Fsp3) is 0.385. The van der Waals surface area contributed by atoms with Crippen LogP contribution in [0.15, 0.2) is 24.3 Å². The Labute approximate surface area is 116 Å². The van der Waals surface area contributed by atoms with E-state index in [0.717, 1.165) is 5.56 Å². The number of esters is 1. The van der Waals surface area contributed by atoms with E-state index in [2.05, 4.69) is 15.4 Å². The SMILES string of the molecule is CC(C)(C)C(=O)OCn1nnc(-c2cccc(N)c2)n1. The fourth-order valence-electron chi connectivity index (χ4n) is 1.42. The summed E-state index contributed by atoms with van der Waals surface area (Å²) in [6, 6.07) is 7.17. The Balaban J connectivity index is 2.05. The second-order valence-corrected chi connectivity index (χ2v) is 5.42. The zero-order valence-corrected chi connectivity index (χ0v) is 11.7. The van der Waals surface area contributed by atoms with Crippen LogP contribution in [-0.4, -0.2) is 26.2 Å². The lowest BCUT2D eigenvalue weighted by atomic mass is 9.98. The zero-order chi connectivity index (χ0) is 14.8. The van der Waals surface area contributed by atoms with Crippen molar-refractivity contribution in [2.24, 2.45) is 5.41 Å². The maximum absolute atomic E-state index is 11.6. The number of nitrogen functional groups attached to an aromatic ring is 1. The van der Waals surface area contributed by atoms with E-state index in [0.29, 0.717) is 11.5 Å². The van der Waals surface area contributed by atoms with E-state index in [1.165, 1.54) is 4.80 Å². The van der Waals surface area contributed by atoms with E-state index < -0.39 is 5.41 Å². The summed E-state index contributed by atoms with van der Waals surface area (Å²) in [6.07, 6.45) is 0. The first-order chi connectivity index (χ1) is 9.36. The number of hydrogen-bond donors (Lipinski definition) is 1. The van der Waals surface area contributed by atoms with Gasteiger partial charge in [-0.1, -0.05) is 12.1 Å². The van der Waals surface area contributed by atoms with Gasteiger partial charge >= 0.3 is 5.97 Å². The molecule has 2 aromatic rings. The van der Waals surface area contributed by atoms with E-state index >= 15 is 0 Å². The van der Waals surface area contributed by atoms with Gasteiger partial charge in [-0.15, -0.1) is 15.0 Å². The van der Waals surface area contributed by atoms with Gasteiger partial charge in [-0.3, -0.25) is 4.79 Å². The molecule has 0 unspecified atom stereocenters. The smallest absolute Gasteiger partial charge is 0.313 e. The van der Waals surface area contributed by atoms with E-state index in [1.807, 2.05) is 12.1 Å². The molecule has 0 saturated heterocycles. The molecule has 2 rings (SSSR count). The number of anilines is 1. The van der Waals surface area contributed by atoms with Gasteiger partial charge in [0.1, 0.15) is 0 Å². The molecule has 0 atom stereocenters. The number of nitrogens with zero attached hydrogens (tertiary/aromatic N) is 4. The van der Waals surface area contributed by atoms with E-state index in [-0.39, 0.29) is 12.7 Å². The van der Waals surface area contributed by atoms with Crippen LogP contribution in [-0.2, 0) is 16.3 Å². The third-order valence-corrected chi connectivity index (χ3v) is 2.52. The van der Waals surface area contributed by atoms with Crippen LogP contribution in [0.25, 0.3) is 11.4 Å². The molecular formula is C13H17N5O2. The minimum atomic E-state index is -0.558. The summed E-state index contributed by atoms with van der Waals surface area (Å²) in [6.45, 7) is 5.28. The Kier molecular flexibility index (Phi) is 3.69. The number of carbonyl (C=O) groups excluding carboxylic acids is 1. The van der Waals surface area contributed by atoms with Gasteiger partial charge in [0.15, 0.2) is 0 Å². The van der Waals surface area contributed by atoms with Gasteiger partial charge in [-0.25, -0.2) is 0 Å². The Morgan fingerprint density at radius 2 is 2.15 bits per heavy atom. The first-order valence-corrected chi connectivity index (χ1v) is 6.17. The number of aromatic nitrogens is 4. The average Bonchev–Trinajstić information content (AvgIpc) is 2.83. The van der Waals surface area contributed by atoms with Crippen LogP contribution in [0.4, 0.5) is 5.69 Å². The molecule has 1 heterocycles. The zero-order valence-electron chi connectivity index (χ0n) is 11.7. The van der Waals surface area contributed by atoms with Crippen molar-refractivity contribution in [1.82, 2.24) is 20.2 Å². The molecule has 20 heavy (non-hydrogen) atoms. The normalized spacial score (nSPS) is 11.3. The van der Waals surface area contributed by atoms with Crippen molar-refractivity contribution in [2.45, 2.75) is 27.5 Å². The second-order valence-electron chi connectivity index (χ2n) is 5.42. The second kappa shape index (κ2) is 5.28. The number of nitrogens with two attached hydrogens (primary N) is 1. The summed E-state index contributed by atoms with van der Waals surface area (Å²) in [5.74, 6) is 0.115. The van der Waals surface area contributed by atoms with E-state index in [1.54, 1.807) is 32.9 Å². The molecule has 7 nitrogen and oxygen atoms in total. The number of carbonyl (C=O) groups is 1. The standard InChI is InChI=1S/C13H17N5O2/c1-13(2,3)12(19)20-8-18-16-11(15-17-18)9-5-4-6-10(14)7-9/h4-7H,8,14H2,1-3H3. The Bertz CT molecular complexity index is 615. The highest BCUT2D eigenvalue weighted by Crippen LogP contribution is 2.17. The van der Waals surface area contributed by atoms with Gasteiger partial charge < -0.3 is 10.5 Å². The highest BCUT2D eigenvalue weighted by Gasteiger charge is 2.23. The maximum atomic E-state index is 11.6.